The van der Waals surface area contributed by atoms with E-state index >= 15 is 0 Å². The monoisotopic (exact) mass is 211 g/mol. The van der Waals surface area contributed by atoms with Crippen LogP contribution in [0.2, 0.25) is 0 Å². The minimum atomic E-state index is -1.19. The van der Waals surface area contributed by atoms with Gasteiger partial charge >= 0.3 is 0 Å². The summed E-state index contributed by atoms with van der Waals surface area (Å²) in [4.78, 5) is 10.2. The normalized spacial score (nSPS) is 26.0. The first kappa shape index (κ1) is 10.3. The largest absolute Gasteiger partial charge is 0.388 e. The van der Waals surface area contributed by atoms with Crippen molar-refractivity contribution in [2.45, 2.75) is 26.1 Å². The van der Waals surface area contributed by atoms with Gasteiger partial charge in [-0.25, -0.2) is 9.37 Å². The van der Waals surface area contributed by atoms with Crippen LogP contribution in [0.3, 0.4) is 0 Å². The van der Waals surface area contributed by atoms with Crippen molar-refractivity contribution < 1.29 is 9.50 Å². The van der Waals surface area contributed by atoms with E-state index < -0.39 is 12.3 Å². The summed E-state index contributed by atoms with van der Waals surface area (Å²) in [5.74, 6) is 0.675. The maximum Gasteiger partial charge on any atom is 0.150 e. The first-order chi connectivity index (χ1) is 7.08. The van der Waals surface area contributed by atoms with Gasteiger partial charge in [-0.1, -0.05) is 0 Å². The number of aliphatic hydroxyl groups excluding tert-OH is 1. The summed E-state index contributed by atoms with van der Waals surface area (Å²) in [5.41, 5.74) is 1.56. The van der Waals surface area contributed by atoms with E-state index in [2.05, 4.69) is 9.97 Å². The molecule has 0 bridgehead atoms. The number of nitrogens with zero attached hydrogens (tertiary/aromatic N) is 3. The number of β-amino-alcohol motifs (C(OH)–C–C–N with tert-alkyl or cyclic N) is 1. The average Bonchev–Trinajstić information content (AvgIpc) is 2.51. The third kappa shape index (κ3) is 1.92. The second kappa shape index (κ2) is 3.73. The number of aryl methyl sites for hydroxylation is 2. The zero-order valence-corrected chi connectivity index (χ0v) is 8.81. The van der Waals surface area contributed by atoms with Gasteiger partial charge in [0.1, 0.15) is 12.3 Å². The number of rotatable bonds is 1. The molecule has 2 rings (SSSR count). The molecule has 0 radical (unpaired) electrons. The van der Waals surface area contributed by atoms with Crippen molar-refractivity contribution >= 4 is 5.82 Å². The molecular weight excluding hydrogens is 197 g/mol. The molecule has 0 spiro atoms. The molecule has 2 atom stereocenters. The maximum absolute atomic E-state index is 13.1. The summed E-state index contributed by atoms with van der Waals surface area (Å²) >= 11 is 0. The third-order valence-corrected chi connectivity index (χ3v) is 2.57. The van der Waals surface area contributed by atoms with Crippen LogP contribution in [0.4, 0.5) is 10.2 Å². The van der Waals surface area contributed by atoms with E-state index in [0.29, 0.717) is 12.4 Å². The molecule has 0 unspecified atom stereocenters. The topological polar surface area (TPSA) is 49.2 Å². The van der Waals surface area contributed by atoms with Crippen LogP contribution in [-0.2, 0) is 0 Å². The highest BCUT2D eigenvalue weighted by Gasteiger charge is 2.32. The minimum Gasteiger partial charge on any atom is -0.388 e. The molecule has 1 aromatic rings. The van der Waals surface area contributed by atoms with E-state index in [4.69, 9.17) is 0 Å². The molecule has 0 amide bonds. The van der Waals surface area contributed by atoms with E-state index in [1.165, 1.54) is 0 Å². The van der Waals surface area contributed by atoms with Crippen LogP contribution in [0.1, 0.15) is 11.4 Å². The molecule has 1 saturated heterocycles. The lowest BCUT2D eigenvalue weighted by Gasteiger charge is -2.18. The molecule has 2 heterocycles. The molecular formula is C10H14FN3O. The molecule has 82 valence electrons. The van der Waals surface area contributed by atoms with Gasteiger partial charge in [0.2, 0.25) is 0 Å². The number of aromatic nitrogens is 2. The lowest BCUT2D eigenvalue weighted by Crippen LogP contribution is -2.23. The fraction of sp³-hybridized carbons (Fsp3) is 0.600. The van der Waals surface area contributed by atoms with Crippen molar-refractivity contribution in [1.29, 1.82) is 0 Å². The van der Waals surface area contributed by atoms with E-state index in [1.807, 2.05) is 13.8 Å². The lowest BCUT2D eigenvalue weighted by molar-refractivity contribution is 0.118. The summed E-state index contributed by atoms with van der Waals surface area (Å²) in [5, 5.41) is 9.32. The molecule has 1 aliphatic rings. The van der Waals surface area contributed by atoms with Crippen LogP contribution in [0.25, 0.3) is 0 Å². The summed E-state index contributed by atoms with van der Waals surface area (Å²) in [6.45, 7) is 4.16. The zero-order chi connectivity index (χ0) is 11.0. The Hall–Kier alpha value is -1.23. The van der Waals surface area contributed by atoms with Gasteiger partial charge in [0.05, 0.1) is 17.9 Å². The van der Waals surface area contributed by atoms with E-state index in [9.17, 15) is 9.50 Å². The molecule has 5 heteroatoms. The fourth-order valence-electron chi connectivity index (χ4n) is 1.74. The highest BCUT2D eigenvalue weighted by molar-refractivity contribution is 5.45. The fourth-order valence-corrected chi connectivity index (χ4v) is 1.74. The SMILES string of the molecule is Cc1cnc(C)c(N2C[C@@H](O)[C@H](F)C2)n1. The van der Waals surface area contributed by atoms with Crippen molar-refractivity contribution in [1.82, 2.24) is 9.97 Å². The van der Waals surface area contributed by atoms with Gasteiger partial charge in [0.15, 0.2) is 5.82 Å². The molecule has 1 aromatic heterocycles. The smallest absolute Gasteiger partial charge is 0.150 e. The second-order valence-corrected chi connectivity index (χ2v) is 3.91. The summed E-state index contributed by atoms with van der Waals surface area (Å²) < 4.78 is 13.1. The van der Waals surface area contributed by atoms with E-state index in [1.54, 1.807) is 11.1 Å². The summed E-state index contributed by atoms with van der Waals surface area (Å²) in [7, 11) is 0. The number of alkyl halides is 1. The molecule has 0 aliphatic carbocycles. The number of anilines is 1. The molecule has 1 aliphatic heterocycles. The molecule has 4 nitrogen and oxygen atoms in total. The van der Waals surface area contributed by atoms with Crippen molar-refractivity contribution in [3.63, 3.8) is 0 Å². The average molecular weight is 211 g/mol. The minimum absolute atomic E-state index is 0.195. The first-order valence-corrected chi connectivity index (χ1v) is 4.95. The highest BCUT2D eigenvalue weighted by Crippen LogP contribution is 2.22. The second-order valence-electron chi connectivity index (χ2n) is 3.91. The Labute approximate surface area is 87.8 Å². The van der Waals surface area contributed by atoms with Gasteiger partial charge in [-0.3, -0.25) is 4.98 Å². The van der Waals surface area contributed by atoms with Crippen molar-refractivity contribution in [3.05, 3.63) is 17.6 Å². The van der Waals surface area contributed by atoms with Crippen LogP contribution in [0.15, 0.2) is 6.20 Å². The maximum atomic E-state index is 13.1. The van der Waals surface area contributed by atoms with E-state index in [0.717, 1.165) is 11.4 Å². The van der Waals surface area contributed by atoms with Crippen LogP contribution in [-0.4, -0.2) is 40.4 Å². The van der Waals surface area contributed by atoms with Gasteiger partial charge in [-0.15, -0.1) is 0 Å². The summed E-state index contributed by atoms with van der Waals surface area (Å²) in [6.07, 6.45) is -0.420. The zero-order valence-electron chi connectivity index (χ0n) is 8.81. The number of aliphatic hydroxyl groups is 1. The van der Waals surface area contributed by atoms with Crippen LogP contribution in [0, 0.1) is 13.8 Å². The molecule has 15 heavy (non-hydrogen) atoms. The van der Waals surface area contributed by atoms with Gasteiger partial charge in [-0.05, 0) is 13.8 Å². The molecule has 0 aromatic carbocycles. The predicted octanol–water partition coefficient (Wildman–Crippen LogP) is 0.612. The van der Waals surface area contributed by atoms with E-state index in [-0.39, 0.29) is 6.54 Å². The highest BCUT2D eigenvalue weighted by atomic mass is 19.1. The Morgan fingerprint density at radius 3 is 2.80 bits per heavy atom. The van der Waals surface area contributed by atoms with Gasteiger partial charge in [0.25, 0.3) is 0 Å². The van der Waals surface area contributed by atoms with Gasteiger partial charge in [0, 0.05) is 12.7 Å². The predicted molar refractivity (Wildman–Crippen MR) is 54.6 cm³/mol. The van der Waals surface area contributed by atoms with Gasteiger partial charge in [-0.2, -0.15) is 0 Å². The Kier molecular flexibility index (Phi) is 2.56. The Bertz CT molecular complexity index is 362. The Morgan fingerprint density at radius 1 is 1.47 bits per heavy atom. The quantitative estimate of drug-likeness (QED) is 0.739. The Balaban J connectivity index is 2.27. The third-order valence-electron chi connectivity index (χ3n) is 2.57. The van der Waals surface area contributed by atoms with Crippen molar-refractivity contribution in [2.24, 2.45) is 0 Å². The molecule has 0 saturated carbocycles. The first-order valence-electron chi connectivity index (χ1n) is 4.95. The van der Waals surface area contributed by atoms with Crippen molar-refractivity contribution in [3.8, 4) is 0 Å². The van der Waals surface area contributed by atoms with Crippen LogP contribution in [0.5, 0.6) is 0 Å². The summed E-state index contributed by atoms with van der Waals surface area (Å²) in [6, 6.07) is 0. The number of halogens is 1. The number of hydrogen-bond donors (Lipinski definition) is 1. The van der Waals surface area contributed by atoms with Gasteiger partial charge < -0.3 is 10.0 Å². The van der Waals surface area contributed by atoms with Crippen LogP contribution >= 0.6 is 0 Å². The van der Waals surface area contributed by atoms with Crippen LogP contribution < -0.4 is 4.90 Å². The standard InChI is InChI=1S/C10H14FN3O/c1-6-3-12-7(2)10(13-6)14-4-8(11)9(15)5-14/h3,8-9,15H,4-5H2,1-2H3/t8-,9-/m1/s1. The lowest BCUT2D eigenvalue weighted by atomic mass is 10.3. The molecule has 1 fully saturated rings. The Morgan fingerprint density at radius 2 is 2.20 bits per heavy atom. The number of hydrogen-bond acceptors (Lipinski definition) is 4. The van der Waals surface area contributed by atoms with Crippen molar-refractivity contribution in [2.75, 3.05) is 18.0 Å². The molecule has 1 N–H and O–H groups in total.